The number of nitrogens with one attached hydrogen (secondary N) is 3. The van der Waals surface area contributed by atoms with Crippen LogP contribution >= 0.6 is 0 Å². The fourth-order valence-corrected chi connectivity index (χ4v) is 4.62. The molecule has 1 aliphatic rings. The lowest BCUT2D eigenvalue weighted by molar-refractivity contribution is 0.0915. The van der Waals surface area contributed by atoms with Crippen molar-refractivity contribution in [3.63, 3.8) is 0 Å². The normalized spacial score (nSPS) is 18.1. The van der Waals surface area contributed by atoms with E-state index in [-0.39, 0.29) is 40.5 Å². The summed E-state index contributed by atoms with van der Waals surface area (Å²) in [7, 11) is 0. The third-order valence-electron chi connectivity index (χ3n) is 6.29. The second-order valence-electron chi connectivity index (χ2n) is 8.61. The number of fused-ring (bicyclic) bond motifs is 1. The average molecular weight is 483 g/mol. The summed E-state index contributed by atoms with van der Waals surface area (Å²) in [5, 5.41) is 10.6. The molecule has 3 N–H and O–H groups in total. The number of amides is 1. The fourth-order valence-electron chi connectivity index (χ4n) is 4.62. The highest BCUT2D eigenvalue weighted by Gasteiger charge is 2.26. The average Bonchev–Trinajstić information content (AvgIpc) is 3.48. The molecule has 35 heavy (non-hydrogen) atoms. The van der Waals surface area contributed by atoms with Crippen molar-refractivity contribution in [1.82, 2.24) is 30.0 Å². The molecular formula is C24H24F3N7O. The van der Waals surface area contributed by atoms with Crippen LogP contribution in [0.4, 0.5) is 19.0 Å². The van der Waals surface area contributed by atoms with Gasteiger partial charge >= 0.3 is 0 Å². The van der Waals surface area contributed by atoms with Gasteiger partial charge in [0.1, 0.15) is 17.3 Å². The standard InChI is InChI=1S/C24H24F3N7O/c1-2-34-20(6-7-30-34)24(35)32-15-5-3-4-14(10-15)31-23-19(27)12-29-22(33-23)17-11-28-21-16(17)8-13(25)9-18(21)26/h6-9,11-12,14-15,28H,2-5,10H2,1H3,(H,32,35)(H,29,31,33)/t14-,15+/m0/s1. The number of rotatable bonds is 6. The summed E-state index contributed by atoms with van der Waals surface area (Å²) in [4.78, 5) is 23.8. The zero-order valence-electron chi connectivity index (χ0n) is 19.0. The molecule has 5 rings (SSSR count). The second kappa shape index (κ2) is 9.40. The predicted molar refractivity (Wildman–Crippen MR) is 124 cm³/mol. The fraction of sp³-hybridized carbons (Fsp3) is 0.333. The van der Waals surface area contributed by atoms with Gasteiger partial charge in [-0.2, -0.15) is 5.10 Å². The Bertz CT molecular complexity index is 1380. The van der Waals surface area contributed by atoms with Crippen LogP contribution in [0.25, 0.3) is 22.3 Å². The smallest absolute Gasteiger partial charge is 0.269 e. The van der Waals surface area contributed by atoms with Gasteiger partial charge in [0, 0.05) is 48.0 Å². The van der Waals surface area contributed by atoms with Crippen molar-refractivity contribution in [1.29, 1.82) is 0 Å². The minimum Gasteiger partial charge on any atom is -0.365 e. The Morgan fingerprint density at radius 3 is 2.86 bits per heavy atom. The van der Waals surface area contributed by atoms with Crippen LogP contribution in [0.2, 0.25) is 0 Å². The first kappa shape index (κ1) is 22.9. The molecule has 2 atom stereocenters. The second-order valence-corrected chi connectivity index (χ2v) is 8.61. The highest BCUT2D eigenvalue weighted by Crippen LogP contribution is 2.30. The molecule has 3 heterocycles. The third kappa shape index (κ3) is 4.58. The Morgan fingerprint density at radius 2 is 2.03 bits per heavy atom. The van der Waals surface area contributed by atoms with Crippen LogP contribution < -0.4 is 10.6 Å². The maximum absolute atomic E-state index is 14.6. The number of anilines is 1. The van der Waals surface area contributed by atoms with Crippen LogP contribution in [-0.2, 0) is 6.54 Å². The number of nitrogens with zero attached hydrogens (tertiary/aromatic N) is 4. The van der Waals surface area contributed by atoms with E-state index in [0.717, 1.165) is 31.5 Å². The monoisotopic (exact) mass is 483 g/mol. The zero-order chi connectivity index (χ0) is 24.5. The SMILES string of the molecule is CCn1nccc1C(=O)N[C@@H]1CCC[C@H](Nc2nc(-c3c[nH]c4c(F)cc(F)cc34)ncc2F)C1. The van der Waals surface area contributed by atoms with Gasteiger partial charge in [-0.15, -0.1) is 0 Å². The van der Waals surface area contributed by atoms with Crippen LogP contribution in [0.15, 0.2) is 36.8 Å². The Kier molecular flexibility index (Phi) is 6.14. The summed E-state index contributed by atoms with van der Waals surface area (Å²) in [6.45, 7) is 2.51. The molecule has 0 saturated heterocycles. The van der Waals surface area contributed by atoms with E-state index in [9.17, 15) is 18.0 Å². The van der Waals surface area contributed by atoms with Crippen molar-refractivity contribution in [2.75, 3.05) is 5.32 Å². The van der Waals surface area contributed by atoms with Gasteiger partial charge in [-0.05, 0) is 44.7 Å². The van der Waals surface area contributed by atoms with E-state index in [1.54, 1.807) is 16.9 Å². The molecule has 0 unspecified atom stereocenters. The van der Waals surface area contributed by atoms with Crippen molar-refractivity contribution < 1.29 is 18.0 Å². The first-order chi connectivity index (χ1) is 16.9. The number of benzene rings is 1. The number of hydrogen-bond donors (Lipinski definition) is 3. The Labute approximate surface area is 199 Å². The summed E-state index contributed by atoms with van der Waals surface area (Å²) in [6, 6.07) is 3.44. The topological polar surface area (TPSA) is 101 Å². The van der Waals surface area contributed by atoms with Gasteiger partial charge in [0.05, 0.1) is 11.7 Å². The van der Waals surface area contributed by atoms with E-state index in [1.165, 1.54) is 12.3 Å². The molecule has 3 aromatic heterocycles. The number of hydrogen-bond acceptors (Lipinski definition) is 5. The maximum Gasteiger partial charge on any atom is 0.269 e. The Balaban J connectivity index is 1.32. The lowest BCUT2D eigenvalue weighted by Crippen LogP contribution is -2.42. The number of aryl methyl sites for hydroxylation is 1. The number of aromatic amines is 1. The minimum atomic E-state index is -0.732. The van der Waals surface area contributed by atoms with E-state index in [1.807, 2.05) is 6.92 Å². The number of carbonyl (C=O) groups is 1. The van der Waals surface area contributed by atoms with Crippen molar-refractivity contribution >= 4 is 22.6 Å². The van der Waals surface area contributed by atoms with E-state index >= 15 is 0 Å². The van der Waals surface area contributed by atoms with E-state index in [4.69, 9.17) is 0 Å². The van der Waals surface area contributed by atoms with Crippen molar-refractivity contribution in [2.24, 2.45) is 0 Å². The summed E-state index contributed by atoms with van der Waals surface area (Å²) < 4.78 is 44.1. The third-order valence-corrected chi connectivity index (χ3v) is 6.29. The van der Waals surface area contributed by atoms with Gasteiger partial charge < -0.3 is 15.6 Å². The lowest BCUT2D eigenvalue weighted by atomic mass is 9.91. The highest BCUT2D eigenvalue weighted by molar-refractivity contribution is 5.94. The van der Waals surface area contributed by atoms with Crippen molar-refractivity contribution in [3.8, 4) is 11.4 Å². The van der Waals surface area contributed by atoms with Crippen molar-refractivity contribution in [2.45, 2.75) is 51.2 Å². The number of aromatic nitrogens is 5. The zero-order valence-corrected chi connectivity index (χ0v) is 19.0. The van der Waals surface area contributed by atoms with Gasteiger partial charge in [0.2, 0.25) is 0 Å². The lowest BCUT2D eigenvalue weighted by Gasteiger charge is -2.30. The minimum absolute atomic E-state index is 0.00209. The predicted octanol–water partition coefficient (Wildman–Crippen LogP) is 4.41. The van der Waals surface area contributed by atoms with Gasteiger partial charge in [-0.25, -0.2) is 23.1 Å². The molecule has 0 aliphatic heterocycles. The number of H-pyrrole nitrogens is 1. The van der Waals surface area contributed by atoms with Crippen molar-refractivity contribution in [3.05, 3.63) is 59.9 Å². The van der Waals surface area contributed by atoms with Gasteiger partial charge in [-0.3, -0.25) is 9.48 Å². The van der Waals surface area contributed by atoms with Crippen LogP contribution in [0, 0.1) is 17.5 Å². The molecule has 1 fully saturated rings. The summed E-state index contributed by atoms with van der Waals surface area (Å²) >= 11 is 0. The molecule has 1 aliphatic carbocycles. The van der Waals surface area contributed by atoms with E-state index < -0.39 is 17.5 Å². The molecule has 8 nitrogen and oxygen atoms in total. The number of halogens is 3. The molecule has 11 heteroatoms. The Morgan fingerprint density at radius 1 is 1.20 bits per heavy atom. The molecule has 4 aromatic rings. The summed E-state index contributed by atoms with van der Waals surface area (Å²) in [5.41, 5.74) is 0.988. The molecule has 182 valence electrons. The van der Waals surface area contributed by atoms with E-state index in [2.05, 4.69) is 30.7 Å². The Hall–Kier alpha value is -3.89. The van der Waals surface area contributed by atoms with Gasteiger partial charge in [-0.1, -0.05) is 0 Å². The molecule has 1 saturated carbocycles. The summed E-state index contributed by atoms with van der Waals surface area (Å²) in [5.74, 6) is -2.15. The quantitative estimate of drug-likeness (QED) is 0.377. The first-order valence-corrected chi connectivity index (χ1v) is 11.5. The largest absolute Gasteiger partial charge is 0.365 e. The highest BCUT2D eigenvalue weighted by atomic mass is 19.1. The molecule has 0 bridgehead atoms. The van der Waals surface area contributed by atoms with E-state index in [0.29, 0.717) is 24.2 Å². The van der Waals surface area contributed by atoms with Crippen LogP contribution in [0.1, 0.15) is 43.1 Å². The molecule has 1 aromatic carbocycles. The van der Waals surface area contributed by atoms with Crippen LogP contribution in [0.5, 0.6) is 0 Å². The molecule has 0 spiro atoms. The van der Waals surface area contributed by atoms with Gasteiger partial charge in [0.25, 0.3) is 5.91 Å². The van der Waals surface area contributed by atoms with Crippen LogP contribution in [-0.4, -0.2) is 42.7 Å². The maximum atomic E-state index is 14.6. The number of carbonyl (C=O) groups excluding carboxylic acids is 1. The van der Waals surface area contributed by atoms with Gasteiger partial charge in [0.15, 0.2) is 17.5 Å². The van der Waals surface area contributed by atoms with Crippen LogP contribution in [0.3, 0.4) is 0 Å². The first-order valence-electron chi connectivity index (χ1n) is 11.5. The molecular weight excluding hydrogens is 459 g/mol. The summed E-state index contributed by atoms with van der Waals surface area (Å²) in [6.07, 6.45) is 7.13. The molecule has 0 radical (unpaired) electrons. The molecule has 1 amide bonds.